The summed E-state index contributed by atoms with van der Waals surface area (Å²) in [7, 11) is -3.81. The van der Waals surface area contributed by atoms with Crippen LogP contribution in [-0.2, 0) is 10.0 Å². The van der Waals surface area contributed by atoms with Gasteiger partial charge in [0.15, 0.2) is 4.90 Å². The van der Waals surface area contributed by atoms with Gasteiger partial charge in [-0.05, 0) is 31.9 Å². The first kappa shape index (κ1) is 15.7. The van der Waals surface area contributed by atoms with Crippen molar-refractivity contribution in [3.05, 3.63) is 28.3 Å². The number of hydrogen-bond donors (Lipinski definition) is 1. The zero-order valence-corrected chi connectivity index (χ0v) is 12.7. The summed E-state index contributed by atoms with van der Waals surface area (Å²) in [6.45, 7) is 3.32. The Kier molecular flexibility index (Phi) is 4.79. The van der Waals surface area contributed by atoms with Gasteiger partial charge in [0.1, 0.15) is 0 Å². The molecule has 1 aliphatic rings. The molecule has 0 spiro atoms. The predicted molar refractivity (Wildman–Crippen MR) is 79.9 cm³/mol. The Labute approximate surface area is 124 Å². The second-order valence-corrected chi connectivity index (χ2v) is 6.84. The number of nitro benzene ring substituents is 1. The number of anilines is 1. The van der Waals surface area contributed by atoms with Crippen LogP contribution in [0.15, 0.2) is 23.1 Å². The fourth-order valence-electron chi connectivity index (χ4n) is 2.44. The van der Waals surface area contributed by atoms with Crippen LogP contribution in [0.5, 0.6) is 0 Å². The van der Waals surface area contributed by atoms with Gasteiger partial charge in [-0.1, -0.05) is 6.42 Å². The molecule has 21 heavy (non-hydrogen) atoms. The number of nitrogens with zero attached hydrogens (tertiary/aromatic N) is 2. The molecule has 1 aromatic rings. The Morgan fingerprint density at radius 1 is 1.29 bits per heavy atom. The Morgan fingerprint density at radius 3 is 2.52 bits per heavy atom. The summed E-state index contributed by atoms with van der Waals surface area (Å²) in [5.74, 6) is 0. The predicted octanol–water partition coefficient (Wildman–Crippen LogP) is 2.20. The zero-order valence-electron chi connectivity index (χ0n) is 11.9. The lowest BCUT2D eigenvalue weighted by atomic mass is 10.2. The van der Waals surface area contributed by atoms with Gasteiger partial charge in [-0.25, -0.2) is 8.42 Å². The molecular formula is C13H19N3O4S. The van der Waals surface area contributed by atoms with E-state index >= 15 is 0 Å². The third-order valence-electron chi connectivity index (χ3n) is 3.47. The van der Waals surface area contributed by atoms with Gasteiger partial charge in [0.05, 0.1) is 4.92 Å². The van der Waals surface area contributed by atoms with Gasteiger partial charge in [0.2, 0.25) is 10.0 Å². The van der Waals surface area contributed by atoms with Gasteiger partial charge in [-0.2, -0.15) is 4.31 Å². The molecule has 1 aromatic carbocycles. The van der Waals surface area contributed by atoms with Crippen LogP contribution in [0.4, 0.5) is 11.4 Å². The van der Waals surface area contributed by atoms with Gasteiger partial charge < -0.3 is 5.32 Å². The molecule has 0 saturated carbocycles. The van der Waals surface area contributed by atoms with E-state index in [2.05, 4.69) is 5.32 Å². The molecule has 2 rings (SSSR count). The minimum atomic E-state index is -3.81. The van der Waals surface area contributed by atoms with Crippen molar-refractivity contribution >= 4 is 21.4 Å². The van der Waals surface area contributed by atoms with Crippen LogP contribution in [0, 0.1) is 10.1 Å². The van der Waals surface area contributed by atoms with E-state index in [0.717, 1.165) is 19.3 Å². The van der Waals surface area contributed by atoms with Crippen LogP contribution in [-0.4, -0.2) is 37.3 Å². The number of nitrogens with one attached hydrogen (secondary N) is 1. The highest BCUT2D eigenvalue weighted by atomic mass is 32.2. The average Bonchev–Trinajstić information content (AvgIpc) is 2.48. The number of piperidine rings is 1. The Hall–Kier alpha value is -1.67. The first-order chi connectivity index (χ1) is 9.96. The van der Waals surface area contributed by atoms with Crippen molar-refractivity contribution in [3.63, 3.8) is 0 Å². The third kappa shape index (κ3) is 3.33. The number of benzene rings is 1. The number of hydrogen-bond acceptors (Lipinski definition) is 5. The van der Waals surface area contributed by atoms with Crippen LogP contribution in [0.25, 0.3) is 0 Å². The van der Waals surface area contributed by atoms with Gasteiger partial charge >= 0.3 is 0 Å². The summed E-state index contributed by atoms with van der Waals surface area (Å²) in [5.41, 5.74) is 0.167. The highest BCUT2D eigenvalue weighted by molar-refractivity contribution is 7.89. The topological polar surface area (TPSA) is 92.6 Å². The Balaban J connectivity index is 2.44. The smallest absolute Gasteiger partial charge is 0.291 e. The minimum absolute atomic E-state index is 0.226. The van der Waals surface area contributed by atoms with Crippen LogP contribution < -0.4 is 5.32 Å². The largest absolute Gasteiger partial charge is 0.385 e. The molecule has 0 bridgehead atoms. The maximum atomic E-state index is 12.6. The molecule has 0 aromatic heterocycles. The van der Waals surface area contributed by atoms with E-state index in [0.29, 0.717) is 25.3 Å². The van der Waals surface area contributed by atoms with E-state index in [9.17, 15) is 18.5 Å². The summed E-state index contributed by atoms with van der Waals surface area (Å²) in [6.07, 6.45) is 2.58. The summed E-state index contributed by atoms with van der Waals surface area (Å²) < 4.78 is 26.5. The maximum absolute atomic E-state index is 12.6. The highest BCUT2D eigenvalue weighted by Crippen LogP contribution is 2.30. The van der Waals surface area contributed by atoms with Crippen molar-refractivity contribution in [2.24, 2.45) is 0 Å². The molecule has 0 atom stereocenters. The van der Waals surface area contributed by atoms with Crippen molar-refractivity contribution in [2.75, 3.05) is 25.0 Å². The molecule has 116 valence electrons. The summed E-state index contributed by atoms with van der Waals surface area (Å²) >= 11 is 0. The molecule has 0 unspecified atom stereocenters. The van der Waals surface area contributed by atoms with Crippen molar-refractivity contribution in [2.45, 2.75) is 31.1 Å². The summed E-state index contributed by atoms with van der Waals surface area (Å²) in [5, 5.41) is 14.2. The highest BCUT2D eigenvalue weighted by Gasteiger charge is 2.32. The van der Waals surface area contributed by atoms with Crippen LogP contribution >= 0.6 is 0 Å². The molecule has 8 heteroatoms. The molecule has 1 saturated heterocycles. The third-order valence-corrected chi connectivity index (χ3v) is 5.42. The zero-order chi connectivity index (χ0) is 15.5. The van der Waals surface area contributed by atoms with E-state index in [-0.39, 0.29) is 10.6 Å². The summed E-state index contributed by atoms with van der Waals surface area (Å²) in [6, 6.07) is 4.16. The number of nitro groups is 1. The van der Waals surface area contributed by atoms with Gasteiger partial charge in [0.25, 0.3) is 5.69 Å². The molecule has 0 radical (unpaired) electrons. The van der Waals surface area contributed by atoms with E-state index < -0.39 is 14.9 Å². The van der Waals surface area contributed by atoms with Crippen molar-refractivity contribution in [1.82, 2.24) is 4.31 Å². The average molecular weight is 313 g/mol. The van der Waals surface area contributed by atoms with Gasteiger partial charge in [0, 0.05) is 31.4 Å². The quantitative estimate of drug-likeness (QED) is 0.664. The van der Waals surface area contributed by atoms with Crippen LogP contribution in [0.1, 0.15) is 26.2 Å². The molecule has 7 nitrogen and oxygen atoms in total. The second-order valence-electron chi connectivity index (χ2n) is 4.93. The molecule has 0 amide bonds. The molecule has 1 heterocycles. The SMILES string of the molecule is CCNc1ccc(S(=O)(=O)N2CCCCC2)c([N+](=O)[O-])c1. The standard InChI is InChI=1S/C13H19N3O4S/c1-2-14-11-6-7-13(12(10-11)16(17)18)21(19,20)15-8-4-3-5-9-15/h6-7,10,14H,2-5,8-9H2,1H3. The molecular weight excluding hydrogens is 294 g/mol. The molecule has 0 aliphatic carbocycles. The number of rotatable bonds is 5. The van der Waals surface area contributed by atoms with Gasteiger partial charge in [-0.15, -0.1) is 0 Å². The lowest BCUT2D eigenvalue weighted by Gasteiger charge is -2.25. The molecule has 1 N–H and O–H groups in total. The molecule has 1 aliphatic heterocycles. The minimum Gasteiger partial charge on any atom is -0.385 e. The first-order valence-electron chi connectivity index (χ1n) is 6.99. The lowest BCUT2D eigenvalue weighted by Crippen LogP contribution is -2.35. The fourth-order valence-corrected chi connectivity index (χ4v) is 4.09. The Bertz CT molecular complexity index is 624. The van der Waals surface area contributed by atoms with Crippen LogP contribution in [0.2, 0.25) is 0 Å². The number of sulfonamides is 1. The van der Waals surface area contributed by atoms with Crippen molar-refractivity contribution in [3.8, 4) is 0 Å². The molecule has 1 fully saturated rings. The lowest BCUT2D eigenvalue weighted by molar-refractivity contribution is -0.387. The van der Waals surface area contributed by atoms with E-state index in [1.165, 1.54) is 16.4 Å². The van der Waals surface area contributed by atoms with Gasteiger partial charge in [-0.3, -0.25) is 10.1 Å². The fraction of sp³-hybridized carbons (Fsp3) is 0.538. The van der Waals surface area contributed by atoms with Crippen LogP contribution in [0.3, 0.4) is 0 Å². The van der Waals surface area contributed by atoms with E-state index in [1.54, 1.807) is 6.07 Å². The van der Waals surface area contributed by atoms with Crippen molar-refractivity contribution in [1.29, 1.82) is 0 Å². The van der Waals surface area contributed by atoms with Crippen molar-refractivity contribution < 1.29 is 13.3 Å². The summed E-state index contributed by atoms with van der Waals surface area (Å²) in [4.78, 5) is 10.3. The van der Waals surface area contributed by atoms with E-state index in [4.69, 9.17) is 0 Å². The normalized spacial score (nSPS) is 16.6. The second kappa shape index (κ2) is 6.40. The monoisotopic (exact) mass is 313 g/mol. The first-order valence-corrected chi connectivity index (χ1v) is 8.43. The van der Waals surface area contributed by atoms with E-state index in [1.807, 2.05) is 6.92 Å². The Morgan fingerprint density at radius 2 is 1.95 bits per heavy atom. The maximum Gasteiger partial charge on any atom is 0.291 e.